The SMILES string of the molecule is CC(=O)O.CC(C)C1CN(C(=O)Nc2cccc(F)c2)CCN1C(=Nc1cccc2c1CCN(C(=O)CCc1cnc[nH]1)C2)NC#N. The second kappa shape index (κ2) is 16.2. The van der Waals surface area contributed by atoms with Gasteiger partial charge in [-0.15, -0.1) is 0 Å². The van der Waals surface area contributed by atoms with Crippen LogP contribution in [0.4, 0.5) is 20.6 Å². The van der Waals surface area contributed by atoms with Crippen molar-refractivity contribution in [1.29, 1.82) is 5.26 Å². The smallest absolute Gasteiger partial charge is 0.321 e. The van der Waals surface area contributed by atoms with Crippen LogP contribution in [0, 0.1) is 23.2 Å². The number of carbonyl (C=O) groups is 3. The Morgan fingerprint density at radius 1 is 1.17 bits per heavy atom. The lowest BCUT2D eigenvalue weighted by Crippen LogP contribution is -2.60. The fourth-order valence-corrected chi connectivity index (χ4v) is 5.65. The largest absolute Gasteiger partial charge is 0.481 e. The van der Waals surface area contributed by atoms with Crippen LogP contribution < -0.4 is 10.6 Å². The first-order valence-corrected chi connectivity index (χ1v) is 15.4. The summed E-state index contributed by atoms with van der Waals surface area (Å²) >= 11 is 0. The number of aliphatic carboxylic acids is 1. The minimum absolute atomic E-state index is 0.0973. The number of benzene rings is 2. The first-order valence-electron chi connectivity index (χ1n) is 15.4. The highest BCUT2D eigenvalue weighted by molar-refractivity contribution is 5.90. The number of fused-ring (bicyclic) bond motifs is 1. The van der Waals surface area contributed by atoms with Gasteiger partial charge in [-0.25, -0.2) is 19.2 Å². The summed E-state index contributed by atoms with van der Waals surface area (Å²) in [5.74, 6) is -0.585. The lowest BCUT2D eigenvalue weighted by molar-refractivity contribution is -0.134. The van der Waals surface area contributed by atoms with E-state index < -0.39 is 11.8 Å². The summed E-state index contributed by atoms with van der Waals surface area (Å²) in [5, 5.41) is 22.6. The number of carbonyl (C=O) groups excluding carboxylic acids is 2. The zero-order chi connectivity index (χ0) is 33.9. The molecule has 248 valence electrons. The molecule has 14 heteroatoms. The van der Waals surface area contributed by atoms with Gasteiger partial charge < -0.3 is 30.1 Å². The Morgan fingerprint density at radius 2 is 1.94 bits per heavy atom. The summed E-state index contributed by atoms with van der Waals surface area (Å²) in [6.45, 7) is 7.59. The molecule has 2 aromatic carbocycles. The normalized spacial score (nSPS) is 16.0. The lowest BCUT2D eigenvalue weighted by Gasteiger charge is -2.44. The molecule has 0 aliphatic carbocycles. The molecule has 1 saturated heterocycles. The molecule has 0 bridgehead atoms. The fraction of sp³-hybridized carbons (Fsp3) is 0.394. The molecule has 3 amide bonds. The van der Waals surface area contributed by atoms with E-state index in [0.717, 1.165) is 29.4 Å². The second-order valence-electron chi connectivity index (χ2n) is 11.6. The van der Waals surface area contributed by atoms with Crippen LogP contribution in [-0.2, 0) is 29.0 Å². The number of imidazole rings is 1. The Balaban J connectivity index is 0.00000118. The van der Waals surface area contributed by atoms with E-state index in [2.05, 4.69) is 34.4 Å². The van der Waals surface area contributed by atoms with Crippen molar-refractivity contribution in [1.82, 2.24) is 30.0 Å². The van der Waals surface area contributed by atoms with Crippen LogP contribution in [0.15, 0.2) is 60.0 Å². The third kappa shape index (κ3) is 9.52. The van der Waals surface area contributed by atoms with E-state index in [1.165, 1.54) is 12.1 Å². The molecule has 3 heterocycles. The third-order valence-corrected chi connectivity index (χ3v) is 7.97. The van der Waals surface area contributed by atoms with E-state index in [-0.39, 0.29) is 23.9 Å². The number of nitrogens with one attached hydrogen (secondary N) is 3. The molecule has 2 aliphatic heterocycles. The van der Waals surface area contributed by atoms with Crippen molar-refractivity contribution in [3.8, 4) is 6.19 Å². The maximum atomic E-state index is 13.6. The predicted octanol–water partition coefficient (Wildman–Crippen LogP) is 4.09. The Labute approximate surface area is 273 Å². The molecule has 13 nitrogen and oxygen atoms in total. The van der Waals surface area contributed by atoms with E-state index in [1.54, 1.807) is 29.6 Å². The molecule has 1 unspecified atom stereocenters. The molecule has 3 aromatic rings. The van der Waals surface area contributed by atoms with Gasteiger partial charge in [0.05, 0.1) is 18.1 Å². The minimum atomic E-state index is -0.833. The van der Waals surface area contributed by atoms with Gasteiger partial charge in [0.15, 0.2) is 6.19 Å². The van der Waals surface area contributed by atoms with Crippen molar-refractivity contribution < 1.29 is 23.9 Å². The molecule has 0 saturated carbocycles. The molecule has 1 aromatic heterocycles. The van der Waals surface area contributed by atoms with E-state index in [0.29, 0.717) is 63.6 Å². The Morgan fingerprint density at radius 3 is 2.62 bits per heavy atom. The number of nitriles is 1. The standard InChI is InChI=1S/C31H36FN9O2.C2H4O2/c1-21(2)28-18-40(31(43)37-24-7-4-6-23(32)15-24)13-14-41(28)30(35-19-33)38-27-8-3-5-22-17-39(12-11-26(22)27)29(42)10-9-25-16-34-20-36-25;1-2(3)4/h3-8,15-16,20-21,28H,9-14,17-18H2,1-2H3,(H,34,36)(H,35,38)(H,37,43);1H3,(H,3,4). The number of amides is 3. The molecule has 0 spiro atoms. The number of aromatic nitrogens is 2. The van der Waals surface area contributed by atoms with Gasteiger partial charge in [-0.05, 0) is 54.2 Å². The van der Waals surface area contributed by atoms with Gasteiger partial charge in [-0.1, -0.05) is 32.0 Å². The first kappa shape index (κ1) is 34.4. The van der Waals surface area contributed by atoms with Gasteiger partial charge in [0.2, 0.25) is 11.9 Å². The van der Waals surface area contributed by atoms with Crippen molar-refractivity contribution in [2.75, 3.05) is 31.5 Å². The molecule has 4 N–H and O–H groups in total. The van der Waals surface area contributed by atoms with Gasteiger partial charge >= 0.3 is 6.03 Å². The van der Waals surface area contributed by atoms with Crippen LogP contribution >= 0.6 is 0 Å². The molecule has 2 aliphatic rings. The van der Waals surface area contributed by atoms with Crippen molar-refractivity contribution in [2.24, 2.45) is 10.9 Å². The number of guanidine groups is 1. The van der Waals surface area contributed by atoms with Crippen LogP contribution in [0.2, 0.25) is 0 Å². The topological polar surface area (TPSA) is 170 Å². The number of halogens is 1. The molecule has 47 heavy (non-hydrogen) atoms. The quantitative estimate of drug-likeness (QED) is 0.134. The predicted molar refractivity (Wildman–Crippen MR) is 174 cm³/mol. The maximum absolute atomic E-state index is 13.6. The molecule has 5 rings (SSSR count). The third-order valence-electron chi connectivity index (χ3n) is 7.97. The van der Waals surface area contributed by atoms with E-state index in [9.17, 15) is 19.2 Å². The van der Waals surface area contributed by atoms with Gasteiger partial charge in [0, 0.05) is 63.6 Å². The summed E-state index contributed by atoms with van der Waals surface area (Å²) in [6.07, 6.45) is 7.07. The number of aromatic amines is 1. The number of carboxylic acids is 1. The average Bonchev–Trinajstić information content (AvgIpc) is 3.56. The number of rotatable bonds is 6. The fourth-order valence-electron chi connectivity index (χ4n) is 5.65. The average molecular weight is 646 g/mol. The van der Waals surface area contributed by atoms with Gasteiger partial charge in [0.1, 0.15) is 5.82 Å². The maximum Gasteiger partial charge on any atom is 0.321 e. The number of H-pyrrole nitrogens is 1. The molecular weight excluding hydrogens is 605 g/mol. The second-order valence-corrected chi connectivity index (χ2v) is 11.6. The summed E-state index contributed by atoms with van der Waals surface area (Å²) in [6, 6.07) is 11.3. The first-order chi connectivity index (χ1) is 22.5. The number of aryl methyl sites for hydroxylation is 1. The van der Waals surface area contributed by atoms with E-state index in [1.807, 2.05) is 34.2 Å². The molecule has 1 fully saturated rings. The number of aliphatic imine (C=N–C) groups is 1. The molecular formula is C33H40FN9O4. The Bertz CT molecular complexity index is 1620. The summed E-state index contributed by atoms with van der Waals surface area (Å²) in [7, 11) is 0. The van der Waals surface area contributed by atoms with Gasteiger partial charge in [-0.3, -0.25) is 14.9 Å². The number of urea groups is 1. The highest BCUT2D eigenvalue weighted by Crippen LogP contribution is 2.30. The number of anilines is 1. The molecule has 1 atom stereocenters. The molecule has 0 radical (unpaired) electrons. The van der Waals surface area contributed by atoms with Crippen LogP contribution in [0.3, 0.4) is 0 Å². The van der Waals surface area contributed by atoms with Crippen molar-refractivity contribution in [3.63, 3.8) is 0 Å². The summed E-state index contributed by atoms with van der Waals surface area (Å²) in [4.78, 5) is 52.6. The van der Waals surface area contributed by atoms with Gasteiger partial charge in [-0.2, -0.15) is 5.26 Å². The Hall–Kier alpha value is -5.45. The van der Waals surface area contributed by atoms with Crippen molar-refractivity contribution in [2.45, 2.75) is 52.6 Å². The van der Waals surface area contributed by atoms with Crippen molar-refractivity contribution >= 4 is 35.2 Å². The van der Waals surface area contributed by atoms with Crippen LogP contribution in [0.1, 0.15) is 44.0 Å². The minimum Gasteiger partial charge on any atom is -0.481 e. The van der Waals surface area contributed by atoms with E-state index >= 15 is 0 Å². The Kier molecular flexibility index (Phi) is 11.9. The van der Waals surface area contributed by atoms with Crippen LogP contribution in [0.25, 0.3) is 0 Å². The highest BCUT2D eigenvalue weighted by Gasteiger charge is 2.34. The number of hydrogen-bond donors (Lipinski definition) is 4. The van der Waals surface area contributed by atoms with Crippen LogP contribution in [0.5, 0.6) is 0 Å². The van der Waals surface area contributed by atoms with Crippen LogP contribution in [-0.4, -0.2) is 85.9 Å². The highest BCUT2D eigenvalue weighted by atomic mass is 19.1. The number of nitrogens with zero attached hydrogens (tertiary/aromatic N) is 6. The summed E-state index contributed by atoms with van der Waals surface area (Å²) in [5.41, 5.74) is 4.19. The van der Waals surface area contributed by atoms with E-state index in [4.69, 9.17) is 14.9 Å². The number of piperazine rings is 1. The monoisotopic (exact) mass is 645 g/mol. The summed E-state index contributed by atoms with van der Waals surface area (Å²) < 4.78 is 13.6. The number of carboxylic acid groups (broad SMARTS) is 1. The zero-order valence-electron chi connectivity index (χ0n) is 26.7. The van der Waals surface area contributed by atoms with Crippen molar-refractivity contribution in [3.05, 3.63) is 77.6 Å². The number of hydrogen-bond acceptors (Lipinski definition) is 6. The van der Waals surface area contributed by atoms with Gasteiger partial charge in [0.25, 0.3) is 5.97 Å². The zero-order valence-corrected chi connectivity index (χ0v) is 26.7. The lowest BCUT2D eigenvalue weighted by atomic mass is 9.97.